The molecule has 1 N–H and O–H groups in total. The standard InChI is InChI=1S/C11H20BrNO2/c1-3-9(12)4-6-13-11(14)10-5-7-15-8(10)2/h8-10H,3-7H2,1-2H3,(H,13,14). The molecule has 0 spiro atoms. The van der Waals surface area contributed by atoms with Crippen molar-refractivity contribution in [2.24, 2.45) is 5.92 Å². The first-order valence-corrected chi connectivity index (χ1v) is 6.60. The lowest BCUT2D eigenvalue weighted by atomic mass is 10.0. The van der Waals surface area contributed by atoms with E-state index >= 15 is 0 Å². The highest BCUT2D eigenvalue weighted by Gasteiger charge is 2.30. The first-order chi connectivity index (χ1) is 7.15. The maximum absolute atomic E-state index is 11.7. The van der Waals surface area contributed by atoms with Crippen molar-refractivity contribution in [3.63, 3.8) is 0 Å². The van der Waals surface area contributed by atoms with Gasteiger partial charge in [0.25, 0.3) is 0 Å². The molecule has 0 aromatic rings. The summed E-state index contributed by atoms with van der Waals surface area (Å²) in [6, 6.07) is 0. The zero-order valence-electron chi connectivity index (χ0n) is 9.46. The number of hydrogen-bond donors (Lipinski definition) is 1. The van der Waals surface area contributed by atoms with Gasteiger partial charge in [0.2, 0.25) is 5.91 Å². The highest BCUT2D eigenvalue weighted by molar-refractivity contribution is 9.09. The van der Waals surface area contributed by atoms with Crippen LogP contribution < -0.4 is 5.32 Å². The fourth-order valence-electron chi connectivity index (χ4n) is 1.76. The van der Waals surface area contributed by atoms with Crippen LogP contribution in [0.1, 0.15) is 33.1 Å². The molecule has 3 nitrogen and oxygen atoms in total. The SMILES string of the molecule is CCC(Br)CCNC(=O)C1CCOC1C. The van der Waals surface area contributed by atoms with Gasteiger partial charge in [-0.05, 0) is 26.2 Å². The van der Waals surface area contributed by atoms with E-state index in [1.807, 2.05) is 6.92 Å². The van der Waals surface area contributed by atoms with E-state index in [-0.39, 0.29) is 17.9 Å². The molecule has 1 saturated heterocycles. The summed E-state index contributed by atoms with van der Waals surface area (Å²) in [6.07, 6.45) is 3.03. The molecule has 4 heteroatoms. The molecular formula is C11H20BrNO2. The largest absolute Gasteiger partial charge is 0.378 e. The van der Waals surface area contributed by atoms with Gasteiger partial charge < -0.3 is 10.1 Å². The van der Waals surface area contributed by atoms with Gasteiger partial charge in [0.05, 0.1) is 12.0 Å². The van der Waals surface area contributed by atoms with Crippen LogP contribution in [-0.4, -0.2) is 30.0 Å². The van der Waals surface area contributed by atoms with Crippen molar-refractivity contribution in [3.05, 3.63) is 0 Å². The molecule has 0 aromatic carbocycles. The summed E-state index contributed by atoms with van der Waals surface area (Å²) in [7, 11) is 0. The summed E-state index contributed by atoms with van der Waals surface area (Å²) >= 11 is 3.55. The zero-order chi connectivity index (χ0) is 11.3. The third kappa shape index (κ3) is 4.11. The minimum atomic E-state index is 0.0559. The molecule has 3 atom stereocenters. The topological polar surface area (TPSA) is 38.3 Å². The molecule has 88 valence electrons. The number of alkyl halides is 1. The molecule has 1 aliphatic heterocycles. The predicted molar refractivity (Wildman–Crippen MR) is 64.2 cm³/mol. The first-order valence-electron chi connectivity index (χ1n) is 5.68. The van der Waals surface area contributed by atoms with E-state index in [0.717, 1.165) is 32.4 Å². The molecule has 1 aliphatic rings. The normalized spacial score (nSPS) is 27.7. The molecule has 3 unspecified atom stereocenters. The summed E-state index contributed by atoms with van der Waals surface area (Å²) in [5, 5.41) is 2.97. The van der Waals surface area contributed by atoms with Crippen LogP contribution in [0.15, 0.2) is 0 Å². The maximum atomic E-state index is 11.7. The number of carbonyl (C=O) groups is 1. The number of nitrogens with one attached hydrogen (secondary N) is 1. The van der Waals surface area contributed by atoms with Crippen LogP contribution in [-0.2, 0) is 9.53 Å². The fourth-order valence-corrected chi connectivity index (χ4v) is 1.99. The van der Waals surface area contributed by atoms with Gasteiger partial charge in [-0.15, -0.1) is 0 Å². The molecule has 1 amide bonds. The Hall–Kier alpha value is -0.0900. The Morgan fingerprint density at radius 3 is 2.93 bits per heavy atom. The Labute approximate surface area is 100 Å². The van der Waals surface area contributed by atoms with Crippen LogP contribution >= 0.6 is 15.9 Å². The van der Waals surface area contributed by atoms with E-state index in [0.29, 0.717) is 4.83 Å². The van der Waals surface area contributed by atoms with E-state index in [1.165, 1.54) is 0 Å². The summed E-state index contributed by atoms with van der Waals surface area (Å²) in [5.74, 6) is 0.205. The van der Waals surface area contributed by atoms with Crippen molar-refractivity contribution < 1.29 is 9.53 Å². The number of ether oxygens (including phenoxy) is 1. The minimum Gasteiger partial charge on any atom is -0.378 e. The predicted octanol–water partition coefficient (Wildman–Crippen LogP) is 2.09. The van der Waals surface area contributed by atoms with Crippen molar-refractivity contribution in [1.82, 2.24) is 5.32 Å². The Morgan fingerprint density at radius 2 is 2.40 bits per heavy atom. The van der Waals surface area contributed by atoms with E-state index in [9.17, 15) is 4.79 Å². The average molecular weight is 278 g/mol. The van der Waals surface area contributed by atoms with Gasteiger partial charge >= 0.3 is 0 Å². The summed E-state index contributed by atoms with van der Waals surface area (Å²) in [4.78, 5) is 12.2. The minimum absolute atomic E-state index is 0.0559. The van der Waals surface area contributed by atoms with Gasteiger partial charge in [-0.3, -0.25) is 4.79 Å². The first kappa shape index (κ1) is 13.0. The molecule has 0 aliphatic carbocycles. The number of halogens is 1. The van der Waals surface area contributed by atoms with E-state index in [4.69, 9.17) is 4.74 Å². The number of hydrogen-bond acceptors (Lipinski definition) is 2. The number of rotatable bonds is 5. The number of carbonyl (C=O) groups excluding carboxylic acids is 1. The lowest BCUT2D eigenvalue weighted by molar-refractivity contribution is -0.126. The Morgan fingerprint density at radius 1 is 1.67 bits per heavy atom. The quantitative estimate of drug-likeness (QED) is 0.782. The van der Waals surface area contributed by atoms with Gasteiger partial charge in [-0.2, -0.15) is 0 Å². The highest BCUT2D eigenvalue weighted by atomic mass is 79.9. The van der Waals surface area contributed by atoms with Gasteiger partial charge in [0, 0.05) is 18.0 Å². The third-order valence-corrected chi connectivity index (χ3v) is 4.02. The molecule has 1 fully saturated rings. The van der Waals surface area contributed by atoms with Crippen LogP contribution in [0.3, 0.4) is 0 Å². The van der Waals surface area contributed by atoms with E-state index in [1.54, 1.807) is 0 Å². The second kappa shape index (κ2) is 6.48. The van der Waals surface area contributed by atoms with Crippen molar-refractivity contribution in [1.29, 1.82) is 0 Å². The van der Waals surface area contributed by atoms with Crippen LogP contribution in [0.2, 0.25) is 0 Å². The Bertz CT molecular complexity index is 211. The second-order valence-corrected chi connectivity index (χ2v) is 5.35. The van der Waals surface area contributed by atoms with Crippen molar-refractivity contribution in [3.8, 4) is 0 Å². The van der Waals surface area contributed by atoms with E-state index < -0.39 is 0 Å². The smallest absolute Gasteiger partial charge is 0.225 e. The Kier molecular flexibility index (Phi) is 5.61. The molecular weight excluding hydrogens is 258 g/mol. The summed E-state index contributed by atoms with van der Waals surface area (Å²) < 4.78 is 5.37. The molecule has 1 heterocycles. The third-order valence-electron chi connectivity index (χ3n) is 2.91. The van der Waals surface area contributed by atoms with Gasteiger partial charge in [-0.25, -0.2) is 0 Å². The fraction of sp³-hybridized carbons (Fsp3) is 0.909. The lowest BCUT2D eigenvalue weighted by Gasteiger charge is -2.14. The van der Waals surface area contributed by atoms with Crippen LogP contribution in [0.5, 0.6) is 0 Å². The zero-order valence-corrected chi connectivity index (χ0v) is 11.0. The average Bonchev–Trinajstić information content (AvgIpc) is 2.64. The molecule has 0 aromatic heterocycles. The molecule has 15 heavy (non-hydrogen) atoms. The summed E-state index contributed by atoms with van der Waals surface area (Å²) in [5.41, 5.74) is 0. The number of amides is 1. The van der Waals surface area contributed by atoms with Crippen molar-refractivity contribution >= 4 is 21.8 Å². The summed E-state index contributed by atoms with van der Waals surface area (Å²) in [6.45, 7) is 5.58. The van der Waals surface area contributed by atoms with Gasteiger partial charge in [0.1, 0.15) is 0 Å². The van der Waals surface area contributed by atoms with Crippen molar-refractivity contribution in [2.75, 3.05) is 13.2 Å². The highest BCUT2D eigenvalue weighted by Crippen LogP contribution is 2.20. The van der Waals surface area contributed by atoms with Gasteiger partial charge in [-0.1, -0.05) is 22.9 Å². The molecule has 1 rings (SSSR count). The maximum Gasteiger partial charge on any atom is 0.225 e. The lowest BCUT2D eigenvalue weighted by Crippen LogP contribution is -2.35. The molecule has 0 bridgehead atoms. The van der Waals surface area contributed by atoms with Crippen LogP contribution in [0.25, 0.3) is 0 Å². The van der Waals surface area contributed by atoms with Crippen LogP contribution in [0, 0.1) is 5.92 Å². The van der Waals surface area contributed by atoms with Crippen LogP contribution in [0.4, 0.5) is 0 Å². The second-order valence-electron chi connectivity index (χ2n) is 4.06. The monoisotopic (exact) mass is 277 g/mol. The van der Waals surface area contributed by atoms with Gasteiger partial charge in [0.15, 0.2) is 0 Å². The van der Waals surface area contributed by atoms with E-state index in [2.05, 4.69) is 28.2 Å². The molecule has 0 saturated carbocycles. The molecule has 0 radical (unpaired) electrons. The van der Waals surface area contributed by atoms with Crippen molar-refractivity contribution in [2.45, 2.75) is 44.0 Å². The Balaban J connectivity index is 2.18.